The Morgan fingerprint density at radius 1 is 1.00 bits per heavy atom. The fraction of sp³-hybridized carbons (Fsp3) is 0.182. The molecule has 1 N–H and O–H groups in total. The molecule has 3 aromatic rings. The minimum Gasteiger partial charge on any atom is -0.465 e. The minimum atomic E-state index is -0.630. The second-order valence-corrected chi connectivity index (χ2v) is 6.41. The average molecular weight is 376 g/mol. The fourth-order valence-electron chi connectivity index (χ4n) is 3.33. The van der Waals surface area contributed by atoms with E-state index in [1.807, 2.05) is 42.5 Å². The molecule has 28 heavy (non-hydrogen) atoms. The van der Waals surface area contributed by atoms with Crippen molar-refractivity contribution in [3.63, 3.8) is 0 Å². The van der Waals surface area contributed by atoms with Crippen LogP contribution in [0.4, 0.5) is 0 Å². The van der Waals surface area contributed by atoms with Gasteiger partial charge in [-0.2, -0.15) is 4.91 Å². The number of rotatable bonds is 7. The molecule has 0 bridgehead atoms. The maximum atomic E-state index is 13.4. The number of nitrogens with one attached hydrogen (secondary N) is 1. The van der Waals surface area contributed by atoms with Crippen molar-refractivity contribution in [3.05, 3.63) is 98.7 Å². The first kappa shape index (κ1) is 19.2. The van der Waals surface area contributed by atoms with Crippen LogP contribution in [-0.4, -0.2) is 23.8 Å². The summed E-state index contributed by atoms with van der Waals surface area (Å²) in [7, 11) is 1.25. The van der Waals surface area contributed by atoms with Crippen LogP contribution in [0, 0.1) is 11.8 Å². The Hall–Kier alpha value is -3.54. The van der Waals surface area contributed by atoms with E-state index >= 15 is 0 Å². The lowest BCUT2D eigenvalue weighted by Gasteiger charge is -2.10. The molecule has 142 valence electrons. The van der Waals surface area contributed by atoms with Gasteiger partial charge in [0.05, 0.1) is 23.9 Å². The van der Waals surface area contributed by atoms with Crippen LogP contribution >= 0.6 is 0 Å². The van der Waals surface area contributed by atoms with Gasteiger partial charge < -0.3 is 9.72 Å². The zero-order valence-corrected chi connectivity index (χ0v) is 15.7. The average Bonchev–Trinajstić information content (AvgIpc) is 3.04. The third-order valence-corrected chi connectivity index (χ3v) is 4.60. The van der Waals surface area contributed by atoms with Gasteiger partial charge in [0.25, 0.3) is 0 Å². The van der Waals surface area contributed by atoms with E-state index in [0.717, 1.165) is 11.1 Å². The Morgan fingerprint density at radius 3 is 2.36 bits per heavy atom. The van der Waals surface area contributed by atoms with Gasteiger partial charge >= 0.3 is 5.97 Å². The highest BCUT2D eigenvalue weighted by molar-refractivity contribution is 6.16. The number of aromatic amines is 1. The number of aromatic nitrogens is 1. The molecule has 0 atom stereocenters. The van der Waals surface area contributed by atoms with Gasteiger partial charge in [0.1, 0.15) is 6.54 Å². The molecule has 0 aliphatic carbocycles. The Kier molecular flexibility index (Phi) is 5.79. The fourth-order valence-corrected chi connectivity index (χ4v) is 3.33. The van der Waals surface area contributed by atoms with Gasteiger partial charge in [-0.3, -0.25) is 4.79 Å². The van der Waals surface area contributed by atoms with Crippen LogP contribution in [0.2, 0.25) is 0 Å². The molecule has 1 heterocycles. The number of hydrogen-bond acceptors (Lipinski definition) is 5. The summed E-state index contributed by atoms with van der Waals surface area (Å²) >= 11 is 0. The predicted molar refractivity (Wildman–Crippen MR) is 105 cm³/mol. The van der Waals surface area contributed by atoms with Crippen molar-refractivity contribution in [1.82, 2.24) is 4.98 Å². The third kappa shape index (κ3) is 3.76. The zero-order valence-electron chi connectivity index (χ0n) is 15.7. The van der Waals surface area contributed by atoms with Crippen molar-refractivity contribution < 1.29 is 14.3 Å². The van der Waals surface area contributed by atoms with E-state index in [1.54, 1.807) is 19.1 Å². The normalized spacial score (nSPS) is 10.5. The summed E-state index contributed by atoms with van der Waals surface area (Å²) in [5.41, 5.74) is 3.43. The number of hydrogen-bond donors (Lipinski definition) is 1. The van der Waals surface area contributed by atoms with Gasteiger partial charge in [0, 0.05) is 11.3 Å². The van der Waals surface area contributed by atoms with Crippen molar-refractivity contribution >= 4 is 11.8 Å². The van der Waals surface area contributed by atoms with E-state index < -0.39 is 5.97 Å². The predicted octanol–water partition coefficient (Wildman–Crippen LogP) is 4.20. The lowest BCUT2D eigenvalue weighted by molar-refractivity contribution is 0.0597. The topological polar surface area (TPSA) is 88.6 Å². The summed E-state index contributed by atoms with van der Waals surface area (Å²) in [5, 5.41) is 2.89. The standard InChI is InChI=1S/C22H20N2O4/c1-14-19(22(26)28-2)20(18(24-14)13-23-27)21(25)17-11-7-6-10-16(17)12-15-8-4-3-5-9-15/h3-11,24H,12-13H2,1-2H3. The van der Waals surface area contributed by atoms with Crippen LogP contribution in [0.1, 0.15) is 48.8 Å². The number of carbonyl (C=O) groups is 2. The second kappa shape index (κ2) is 8.43. The summed E-state index contributed by atoms with van der Waals surface area (Å²) in [6.07, 6.45) is 0.570. The lowest BCUT2D eigenvalue weighted by atomic mass is 9.92. The number of methoxy groups -OCH3 is 1. The molecule has 3 rings (SSSR count). The second-order valence-electron chi connectivity index (χ2n) is 6.41. The Labute approximate surface area is 162 Å². The zero-order chi connectivity index (χ0) is 20.1. The molecule has 0 unspecified atom stereocenters. The number of aryl methyl sites for hydroxylation is 1. The molecule has 0 fully saturated rings. The molecule has 0 saturated heterocycles. The van der Waals surface area contributed by atoms with Gasteiger partial charge in [-0.25, -0.2) is 4.79 Å². The van der Waals surface area contributed by atoms with E-state index in [0.29, 0.717) is 23.4 Å². The molecule has 0 aliphatic heterocycles. The Morgan fingerprint density at radius 2 is 1.68 bits per heavy atom. The SMILES string of the molecule is COC(=O)c1c(C)[nH]c(CN=O)c1C(=O)c1ccccc1Cc1ccccc1. The van der Waals surface area contributed by atoms with Crippen molar-refractivity contribution in [2.75, 3.05) is 7.11 Å². The molecule has 1 aromatic heterocycles. The summed E-state index contributed by atoms with van der Waals surface area (Å²) in [4.78, 5) is 39.5. The Bertz CT molecular complexity index is 1020. The first-order valence-electron chi connectivity index (χ1n) is 8.82. The number of nitrogens with zero attached hydrogens (tertiary/aromatic N) is 1. The van der Waals surface area contributed by atoms with E-state index in [4.69, 9.17) is 4.74 Å². The summed E-state index contributed by atoms with van der Waals surface area (Å²) in [5.74, 6) is -0.968. The summed E-state index contributed by atoms with van der Waals surface area (Å²) in [6.45, 7) is 1.42. The van der Waals surface area contributed by atoms with Crippen LogP contribution in [0.3, 0.4) is 0 Å². The van der Waals surface area contributed by atoms with Gasteiger partial charge in [-0.1, -0.05) is 59.8 Å². The molecule has 0 radical (unpaired) electrons. The van der Waals surface area contributed by atoms with Gasteiger partial charge in [-0.15, -0.1) is 0 Å². The summed E-state index contributed by atoms with van der Waals surface area (Å²) in [6, 6.07) is 17.1. The maximum absolute atomic E-state index is 13.4. The van der Waals surface area contributed by atoms with E-state index in [-0.39, 0.29) is 23.5 Å². The molecule has 6 heteroatoms. The quantitative estimate of drug-likeness (QED) is 0.380. The maximum Gasteiger partial charge on any atom is 0.340 e. The first-order chi connectivity index (χ1) is 13.6. The number of benzene rings is 2. The highest BCUT2D eigenvalue weighted by Gasteiger charge is 2.28. The number of ether oxygens (including phenoxy) is 1. The van der Waals surface area contributed by atoms with Crippen molar-refractivity contribution in [2.24, 2.45) is 5.18 Å². The van der Waals surface area contributed by atoms with Crippen LogP contribution in [0.15, 0.2) is 59.8 Å². The smallest absolute Gasteiger partial charge is 0.340 e. The number of nitroso groups, excluding NO2 is 1. The molecule has 0 aliphatic rings. The van der Waals surface area contributed by atoms with Crippen molar-refractivity contribution in [2.45, 2.75) is 19.9 Å². The molecule has 6 nitrogen and oxygen atoms in total. The molecule has 0 spiro atoms. The molecule has 0 saturated carbocycles. The van der Waals surface area contributed by atoms with E-state index in [2.05, 4.69) is 10.2 Å². The van der Waals surface area contributed by atoms with Crippen LogP contribution in [0.5, 0.6) is 0 Å². The molecule has 0 amide bonds. The van der Waals surface area contributed by atoms with E-state index in [1.165, 1.54) is 7.11 Å². The largest absolute Gasteiger partial charge is 0.465 e. The highest BCUT2D eigenvalue weighted by atomic mass is 16.5. The van der Waals surface area contributed by atoms with Gasteiger partial charge in [0.2, 0.25) is 0 Å². The molecule has 2 aromatic carbocycles. The van der Waals surface area contributed by atoms with Gasteiger partial charge in [0.15, 0.2) is 5.78 Å². The van der Waals surface area contributed by atoms with Gasteiger partial charge in [-0.05, 0) is 24.5 Å². The number of esters is 1. The number of ketones is 1. The number of H-pyrrole nitrogens is 1. The summed E-state index contributed by atoms with van der Waals surface area (Å²) < 4.78 is 4.84. The molecular weight excluding hydrogens is 356 g/mol. The Balaban J connectivity index is 2.10. The monoisotopic (exact) mass is 376 g/mol. The van der Waals surface area contributed by atoms with Crippen LogP contribution < -0.4 is 0 Å². The van der Waals surface area contributed by atoms with Crippen molar-refractivity contribution in [3.8, 4) is 0 Å². The lowest BCUT2D eigenvalue weighted by Crippen LogP contribution is -2.13. The van der Waals surface area contributed by atoms with Crippen LogP contribution in [-0.2, 0) is 17.7 Å². The third-order valence-electron chi connectivity index (χ3n) is 4.60. The number of carbonyl (C=O) groups excluding carboxylic acids is 2. The minimum absolute atomic E-state index is 0.140. The highest BCUT2D eigenvalue weighted by Crippen LogP contribution is 2.26. The first-order valence-corrected chi connectivity index (χ1v) is 8.82. The van der Waals surface area contributed by atoms with Crippen LogP contribution in [0.25, 0.3) is 0 Å². The molecular formula is C22H20N2O4. The van der Waals surface area contributed by atoms with E-state index in [9.17, 15) is 14.5 Å². The van der Waals surface area contributed by atoms with Crippen molar-refractivity contribution in [1.29, 1.82) is 0 Å².